The molecule has 0 saturated carbocycles. The Labute approximate surface area is 113 Å². The van der Waals surface area contributed by atoms with Gasteiger partial charge in [-0.1, -0.05) is 26.8 Å². The molecule has 4 nitrogen and oxygen atoms in total. The molecule has 1 aromatic carbocycles. The summed E-state index contributed by atoms with van der Waals surface area (Å²) in [5.41, 5.74) is 2.27. The maximum absolute atomic E-state index is 12.0. The predicted molar refractivity (Wildman–Crippen MR) is 73.9 cm³/mol. The average Bonchev–Trinajstić information content (AvgIpc) is 2.27. The number of anilines is 1. The molecule has 1 aliphatic rings. The van der Waals surface area contributed by atoms with Crippen molar-refractivity contribution in [2.24, 2.45) is 5.41 Å². The molecule has 1 aromatic rings. The number of fused-ring (bicyclic) bond motifs is 1. The third kappa shape index (κ3) is 2.95. The summed E-state index contributed by atoms with van der Waals surface area (Å²) < 4.78 is 0. The molecule has 0 aromatic heterocycles. The molecule has 1 amide bonds. The fourth-order valence-corrected chi connectivity index (χ4v) is 2.43. The van der Waals surface area contributed by atoms with E-state index in [0.717, 1.165) is 12.0 Å². The largest absolute Gasteiger partial charge is 0.465 e. The first-order valence-corrected chi connectivity index (χ1v) is 6.44. The van der Waals surface area contributed by atoms with Crippen molar-refractivity contribution >= 4 is 17.6 Å². The highest BCUT2D eigenvalue weighted by molar-refractivity contribution is 6.07. The van der Waals surface area contributed by atoms with Gasteiger partial charge in [-0.2, -0.15) is 0 Å². The molecule has 0 radical (unpaired) electrons. The number of benzene rings is 1. The predicted octanol–water partition coefficient (Wildman–Crippen LogP) is 3.35. The van der Waals surface area contributed by atoms with Gasteiger partial charge in [0.25, 0.3) is 0 Å². The van der Waals surface area contributed by atoms with E-state index in [0.29, 0.717) is 11.3 Å². The van der Waals surface area contributed by atoms with Crippen LogP contribution in [0.25, 0.3) is 0 Å². The van der Waals surface area contributed by atoms with Crippen LogP contribution in [0.1, 0.15) is 43.1 Å². The lowest BCUT2D eigenvalue weighted by Gasteiger charge is -2.27. The number of rotatable bonds is 1. The number of carbonyl (C=O) groups is 2. The van der Waals surface area contributed by atoms with Gasteiger partial charge in [-0.25, -0.2) is 4.79 Å². The van der Waals surface area contributed by atoms with Crippen LogP contribution >= 0.6 is 0 Å². The average molecular weight is 261 g/mol. The summed E-state index contributed by atoms with van der Waals surface area (Å²) in [7, 11) is 0. The first-order valence-electron chi connectivity index (χ1n) is 6.44. The van der Waals surface area contributed by atoms with Crippen molar-refractivity contribution in [3.8, 4) is 0 Å². The van der Waals surface area contributed by atoms with Crippen LogP contribution in [0.2, 0.25) is 0 Å². The molecule has 2 rings (SSSR count). The molecule has 0 atom stereocenters. The Morgan fingerprint density at radius 1 is 1.37 bits per heavy atom. The van der Waals surface area contributed by atoms with Crippen LogP contribution in [-0.2, 0) is 6.42 Å². The van der Waals surface area contributed by atoms with Crippen LogP contribution in [0.4, 0.5) is 10.5 Å². The summed E-state index contributed by atoms with van der Waals surface area (Å²) in [5.74, 6) is 0.0308. The quantitative estimate of drug-likeness (QED) is 0.843. The van der Waals surface area contributed by atoms with E-state index < -0.39 is 6.09 Å². The second-order valence-electron chi connectivity index (χ2n) is 6.20. The summed E-state index contributed by atoms with van der Waals surface area (Å²) in [5, 5.41) is 9.14. The van der Waals surface area contributed by atoms with E-state index >= 15 is 0 Å². The van der Waals surface area contributed by atoms with Crippen molar-refractivity contribution in [3.05, 3.63) is 29.3 Å². The summed E-state index contributed by atoms with van der Waals surface area (Å²) in [4.78, 5) is 24.4. The van der Waals surface area contributed by atoms with E-state index in [2.05, 4.69) is 20.8 Å². The molecular weight excluding hydrogens is 242 g/mol. The topological polar surface area (TPSA) is 57.6 Å². The van der Waals surface area contributed by atoms with E-state index in [1.807, 2.05) is 12.1 Å². The Bertz CT molecular complexity index is 529. The minimum atomic E-state index is -1.00. The Morgan fingerprint density at radius 2 is 2.05 bits per heavy atom. The molecule has 0 spiro atoms. The van der Waals surface area contributed by atoms with Gasteiger partial charge in [0.05, 0.1) is 5.69 Å². The lowest BCUT2D eigenvalue weighted by Crippen LogP contribution is -2.36. The van der Waals surface area contributed by atoms with Gasteiger partial charge in [-0.05, 0) is 29.5 Å². The van der Waals surface area contributed by atoms with Crippen molar-refractivity contribution in [1.29, 1.82) is 0 Å². The second-order valence-corrected chi connectivity index (χ2v) is 6.20. The Hall–Kier alpha value is -1.84. The van der Waals surface area contributed by atoms with Crippen molar-refractivity contribution in [1.82, 2.24) is 0 Å². The van der Waals surface area contributed by atoms with Gasteiger partial charge in [0, 0.05) is 18.5 Å². The first kappa shape index (κ1) is 13.6. The first-order chi connectivity index (χ1) is 8.78. The summed E-state index contributed by atoms with van der Waals surface area (Å²) in [6, 6.07) is 5.51. The number of carbonyl (C=O) groups excluding carboxylic acids is 1. The number of ketones is 1. The van der Waals surface area contributed by atoms with Crippen LogP contribution in [0.15, 0.2) is 18.2 Å². The molecule has 1 heterocycles. The maximum Gasteiger partial charge on any atom is 0.411 e. The molecule has 1 aliphatic heterocycles. The molecule has 0 saturated heterocycles. The minimum absolute atomic E-state index is 0.0308. The molecule has 0 bridgehead atoms. The Morgan fingerprint density at radius 3 is 2.63 bits per heavy atom. The highest BCUT2D eigenvalue weighted by Crippen LogP contribution is 2.30. The molecule has 19 heavy (non-hydrogen) atoms. The number of hydrogen-bond donors (Lipinski definition) is 1. The second kappa shape index (κ2) is 4.68. The van der Waals surface area contributed by atoms with Gasteiger partial charge >= 0.3 is 6.09 Å². The Kier molecular flexibility index (Phi) is 3.35. The number of hydrogen-bond acceptors (Lipinski definition) is 2. The van der Waals surface area contributed by atoms with Gasteiger partial charge < -0.3 is 5.11 Å². The van der Waals surface area contributed by atoms with Gasteiger partial charge in [-0.3, -0.25) is 9.69 Å². The van der Waals surface area contributed by atoms with Crippen molar-refractivity contribution in [2.45, 2.75) is 33.6 Å². The minimum Gasteiger partial charge on any atom is -0.465 e. The van der Waals surface area contributed by atoms with E-state index in [4.69, 9.17) is 5.11 Å². The van der Waals surface area contributed by atoms with Crippen LogP contribution < -0.4 is 4.90 Å². The van der Waals surface area contributed by atoms with Gasteiger partial charge in [0.15, 0.2) is 5.78 Å². The number of Topliss-reactive ketones (excluding diaryl/α,β-unsaturated/α-hetero) is 1. The lowest BCUT2D eigenvalue weighted by atomic mass is 9.86. The van der Waals surface area contributed by atoms with Crippen molar-refractivity contribution in [2.75, 3.05) is 11.4 Å². The van der Waals surface area contributed by atoms with Gasteiger partial charge in [0.2, 0.25) is 0 Å². The number of nitrogens with zero attached hydrogens (tertiary/aromatic N) is 1. The fraction of sp³-hybridized carbons (Fsp3) is 0.467. The molecule has 0 fully saturated rings. The van der Waals surface area contributed by atoms with E-state index in [1.165, 1.54) is 4.90 Å². The normalized spacial score (nSPS) is 15.3. The SMILES string of the molecule is CC(C)(C)Cc1ccc2c(c1)C(=O)CCN2C(=O)O. The molecule has 4 heteroatoms. The van der Waals surface area contributed by atoms with Gasteiger partial charge in [-0.15, -0.1) is 0 Å². The summed E-state index contributed by atoms with van der Waals surface area (Å²) in [6.07, 6.45) is 0.121. The summed E-state index contributed by atoms with van der Waals surface area (Å²) in [6.45, 7) is 6.66. The standard InChI is InChI=1S/C15H19NO3/c1-15(2,3)9-10-4-5-12-11(8-10)13(17)6-7-16(12)14(18)19/h4-5,8H,6-7,9H2,1-3H3,(H,18,19). The van der Waals surface area contributed by atoms with Crippen LogP contribution in [0, 0.1) is 5.41 Å². The lowest BCUT2D eigenvalue weighted by molar-refractivity contribution is 0.0980. The zero-order chi connectivity index (χ0) is 14.2. The number of amides is 1. The van der Waals surface area contributed by atoms with E-state index in [9.17, 15) is 9.59 Å². The van der Waals surface area contributed by atoms with Crippen LogP contribution in [0.5, 0.6) is 0 Å². The van der Waals surface area contributed by atoms with Crippen molar-refractivity contribution < 1.29 is 14.7 Å². The zero-order valence-corrected chi connectivity index (χ0v) is 11.6. The molecule has 102 valence electrons. The molecule has 0 unspecified atom stereocenters. The van der Waals surface area contributed by atoms with Crippen LogP contribution in [0.3, 0.4) is 0 Å². The third-order valence-electron chi connectivity index (χ3n) is 3.18. The summed E-state index contributed by atoms with van der Waals surface area (Å²) >= 11 is 0. The monoisotopic (exact) mass is 261 g/mol. The molecule has 1 N–H and O–H groups in total. The Balaban J connectivity index is 2.40. The maximum atomic E-state index is 12.0. The molecule has 0 aliphatic carbocycles. The highest BCUT2D eigenvalue weighted by atomic mass is 16.4. The van der Waals surface area contributed by atoms with Crippen LogP contribution in [-0.4, -0.2) is 23.5 Å². The number of carboxylic acid groups (broad SMARTS) is 1. The fourth-order valence-electron chi connectivity index (χ4n) is 2.43. The van der Waals surface area contributed by atoms with E-state index in [-0.39, 0.29) is 24.2 Å². The van der Waals surface area contributed by atoms with Gasteiger partial charge in [0.1, 0.15) is 0 Å². The van der Waals surface area contributed by atoms with Crippen molar-refractivity contribution in [3.63, 3.8) is 0 Å². The third-order valence-corrected chi connectivity index (χ3v) is 3.18. The zero-order valence-electron chi connectivity index (χ0n) is 11.6. The van der Waals surface area contributed by atoms with E-state index in [1.54, 1.807) is 6.07 Å². The highest BCUT2D eigenvalue weighted by Gasteiger charge is 2.27. The smallest absolute Gasteiger partial charge is 0.411 e. The molecular formula is C15H19NO3.